The van der Waals surface area contributed by atoms with E-state index < -0.39 is 6.10 Å². The van der Waals surface area contributed by atoms with Crippen molar-refractivity contribution in [3.63, 3.8) is 0 Å². The molecule has 1 fully saturated rings. The molecule has 5 nitrogen and oxygen atoms in total. The summed E-state index contributed by atoms with van der Waals surface area (Å²) in [4.78, 5) is 15.3. The third kappa shape index (κ3) is 3.27. The minimum absolute atomic E-state index is 0.119. The van der Waals surface area contributed by atoms with E-state index in [1.807, 2.05) is 28.8 Å². The van der Waals surface area contributed by atoms with Crippen LogP contribution in [0.1, 0.15) is 40.7 Å². The Morgan fingerprint density at radius 3 is 3.11 bits per heavy atom. The van der Waals surface area contributed by atoms with Gasteiger partial charge in [0, 0.05) is 22.7 Å². The zero-order valence-corrected chi connectivity index (χ0v) is 16.8. The van der Waals surface area contributed by atoms with E-state index in [4.69, 9.17) is 9.72 Å². The predicted octanol–water partition coefficient (Wildman–Crippen LogP) is 3.96. The molecule has 4 heterocycles. The Hall–Kier alpha value is -1.54. The maximum absolute atomic E-state index is 10.7. The molecule has 3 aromatic rings. The van der Waals surface area contributed by atoms with Crippen LogP contribution in [0.25, 0.3) is 10.2 Å². The van der Waals surface area contributed by atoms with Gasteiger partial charge in [0.05, 0.1) is 30.7 Å². The van der Waals surface area contributed by atoms with Gasteiger partial charge in [-0.15, -0.1) is 22.7 Å². The van der Waals surface area contributed by atoms with Crippen molar-refractivity contribution in [2.75, 3.05) is 24.7 Å². The lowest BCUT2D eigenvalue weighted by molar-refractivity contribution is 0.0686. The van der Waals surface area contributed by atoms with E-state index in [0.29, 0.717) is 19.6 Å². The largest absolute Gasteiger partial charge is 0.387 e. The Morgan fingerprint density at radius 2 is 2.22 bits per heavy atom. The molecule has 2 aliphatic rings. The monoisotopic (exact) mass is 401 g/mol. The lowest BCUT2D eigenvalue weighted by atomic mass is 9.96. The van der Waals surface area contributed by atoms with Crippen molar-refractivity contribution in [2.24, 2.45) is 0 Å². The Balaban J connectivity index is 1.51. The Morgan fingerprint density at radius 1 is 1.30 bits per heavy atom. The number of thiophene rings is 2. The van der Waals surface area contributed by atoms with Crippen LogP contribution in [0.5, 0.6) is 0 Å². The molecule has 0 radical (unpaired) electrons. The van der Waals surface area contributed by atoms with E-state index in [1.165, 1.54) is 35.1 Å². The molecule has 2 atom stereocenters. The molecule has 2 unspecified atom stereocenters. The molecular formula is C20H23N3O2S2. The Labute approximate surface area is 166 Å². The van der Waals surface area contributed by atoms with E-state index in [1.54, 1.807) is 17.7 Å². The first-order valence-electron chi connectivity index (χ1n) is 9.62. The molecule has 1 aliphatic carbocycles. The number of fused-ring (bicyclic) bond motifs is 3. The standard InChI is InChI=1S/C20H23N3O2S2/c24-15(17-6-3-9-26-17)10-13-11-25-8-7-23(13)19-18-14-4-1-2-5-16(14)27-20(18)22-12-21-19/h3,6,9,12-13,15,24H,1-2,4-5,7-8,10-11H2. The normalized spacial score (nSPS) is 21.4. The first kappa shape index (κ1) is 17.6. The van der Waals surface area contributed by atoms with Crippen molar-refractivity contribution in [2.45, 2.75) is 44.2 Å². The highest BCUT2D eigenvalue weighted by Crippen LogP contribution is 2.40. The number of aliphatic hydroxyl groups is 1. The van der Waals surface area contributed by atoms with E-state index >= 15 is 0 Å². The molecule has 0 amide bonds. The van der Waals surface area contributed by atoms with Crippen molar-refractivity contribution in [1.82, 2.24) is 9.97 Å². The number of rotatable bonds is 4. The molecule has 27 heavy (non-hydrogen) atoms. The van der Waals surface area contributed by atoms with Crippen LogP contribution < -0.4 is 4.90 Å². The van der Waals surface area contributed by atoms with Crippen molar-refractivity contribution in [1.29, 1.82) is 0 Å². The van der Waals surface area contributed by atoms with Gasteiger partial charge in [-0.3, -0.25) is 0 Å². The summed E-state index contributed by atoms with van der Waals surface area (Å²) < 4.78 is 5.77. The molecule has 1 N–H and O–H groups in total. The molecule has 0 aromatic carbocycles. The fraction of sp³-hybridized carbons (Fsp3) is 0.500. The summed E-state index contributed by atoms with van der Waals surface area (Å²) in [6.07, 6.45) is 6.70. The number of aryl methyl sites for hydroxylation is 2. The Kier molecular flexibility index (Phi) is 4.85. The van der Waals surface area contributed by atoms with Gasteiger partial charge in [-0.05, 0) is 42.7 Å². The van der Waals surface area contributed by atoms with Crippen LogP contribution in [0, 0.1) is 0 Å². The summed E-state index contributed by atoms with van der Waals surface area (Å²) >= 11 is 3.44. The summed E-state index contributed by atoms with van der Waals surface area (Å²) in [6, 6.07) is 4.11. The van der Waals surface area contributed by atoms with Gasteiger partial charge >= 0.3 is 0 Å². The molecule has 142 valence electrons. The summed E-state index contributed by atoms with van der Waals surface area (Å²) in [5, 5.41) is 13.9. The zero-order chi connectivity index (χ0) is 18.2. The molecule has 7 heteroatoms. The molecule has 5 rings (SSSR count). The van der Waals surface area contributed by atoms with Crippen molar-refractivity contribution in [3.05, 3.63) is 39.2 Å². The second kappa shape index (κ2) is 7.47. The van der Waals surface area contributed by atoms with Crippen LogP contribution in [0.2, 0.25) is 0 Å². The van der Waals surface area contributed by atoms with Crippen LogP contribution in [-0.2, 0) is 17.6 Å². The molecule has 1 aliphatic heterocycles. The van der Waals surface area contributed by atoms with E-state index in [9.17, 15) is 5.11 Å². The van der Waals surface area contributed by atoms with Crippen LogP contribution >= 0.6 is 22.7 Å². The minimum Gasteiger partial charge on any atom is -0.387 e. The van der Waals surface area contributed by atoms with Gasteiger partial charge in [0.15, 0.2) is 0 Å². The number of anilines is 1. The van der Waals surface area contributed by atoms with Crippen molar-refractivity contribution in [3.8, 4) is 0 Å². The fourth-order valence-corrected chi connectivity index (χ4v) is 6.22. The highest BCUT2D eigenvalue weighted by Gasteiger charge is 2.30. The topological polar surface area (TPSA) is 58.5 Å². The average molecular weight is 402 g/mol. The summed E-state index contributed by atoms with van der Waals surface area (Å²) in [5.74, 6) is 1.03. The van der Waals surface area contributed by atoms with Gasteiger partial charge < -0.3 is 14.7 Å². The smallest absolute Gasteiger partial charge is 0.141 e. The number of morpholine rings is 1. The van der Waals surface area contributed by atoms with Gasteiger partial charge in [-0.2, -0.15) is 0 Å². The highest BCUT2D eigenvalue weighted by atomic mass is 32.1. The van der Waals surface area contributed by atoms with E-state index in [-0.39, 0.29) is 6.04 Å². The van der Waals surface area contributed by atoms with Gasteiger partial charge in [-0.1, -0.05) is 6.07 Å². The second-order valence-electron chi connectivity index (χ2n) is 7.28. The first-order valence-corrected chi connectivity index (χ1v) is 11.3. The molecule has 0 saturated carbocycles. The number of aromatic nitrogens is 2. The molecule has 0 bridgehead atoms. The maximum atomic E-state index is 10.7. The lowest BCUT2D eigenvalue weighted by Crippen LogP contribution is -2.46. The summed E-state index contributed by atoms with van der Waals surface area (Å²) in [5.41, 5.74) is 1.46. The van der Waals surface area contributed by atoms with Crippen LogP contribution in [0.3, 0.4) is 0 Å². The number of nitrogens with zero attached hydrogens (tertiary/aromatic N) is 3. The predicted molar refractivity (Wildman–Crippen MR) is 110 cm³/mol. The van der Waals surface area contributed by atoms with E-state index in [0.717, 1.165) is 28.5 Å². The lowest BCUT2D eigenvalue weighted by Gasteiger charge is -2.37. The Bertz CT molecular complexity index is 925. The quantitative estimate of drug-likeness (QED) is 0.717. The van der Waals surface area contributed by atoms with Crippen molar-refractivity contribution >= 4 is 38.7 Å². The average Bonchev–Trinajstić information content (AvgIpc) is 3.36. The zero-order valence-electron chi connectivity index (χ0n) is 15.1. The third-order valence-electron chi connectivity index (χ3n) is 5.60. The first-order chi connectivity index (χ1) is 13.3. The second-order valence-corrected chi connectivity index (χ2v) is 9.34. The third-order valence-corrected chi connectivity index (χ3v) is 7.77. The van der Waals surface area contributed by atoms with Gasteiger partial charge in [0.2, 0.25) is 0 Å². The van der Waals surface area contributed by atoms with Gasteiger partial charge in [0.25, 0.3) is 0 Å². The number of hydrogen-bond donors (Lipinski definition) is 1. The number of aliphatic hydroxyl groups excluding tert-OH is 1. The fourth-order valence-electron chi connectivity index (χ4n) is 4.27. The molecular weight excluding hydrogens is 378 g/mol. The van der Waals surface area contributed by atoms with Gasteiger partial charge in [-0.25, -0.2) is 9.97 Å². The number of hydrogen-bond acceptors (Lipinski definition) is 7. The highest BCUT2D eigenvalue weighted by molar-refractivity contribution is 7.19. The van der Waals surface area contributed by atoms with Crippen LogP contribution in [-0.4, -0.2) is 40.9 Å². The molecule has 3 aromatic heterocycles. The number of ether oxygens (including phenoxy) is 1. The maximum Gasteiger partial charge on any atom is 0.141 e. The SMILES string of the molecule is OC(CC1COCCN1c1ncnc2sc3c(c12)CCCC3)c1cccs1. The molecule has 0 spiro atoms. The molecule has 1 saturated heterocycles. The van der Waals surface area contributed by atoms with Gasteiger partial charge in [0.1, 0.15) is 17.0 Å². The minimum atomic E-state index is -0.465. The van der Waals surface area contributed by atoms with Crippen molar-refractivity contribution < 1.29 is 9.84 Å². The van der Waals surface area contributed by atoms with Crippen LogP contribution in [0.15, 0.2) is 23.8 Å². The van der Waals surface area contributed by atoms with E-state index in [2.05, 4.69) is 9.88 Å². The van der Waals surface area contributed by atoms with Crippen LogP contribution in [0.4, 0.5) is 5.82 Å². The summed E-state index contributed by atoms with van der Waals surface area (Å²) in [6.45, 7) is 2.13. The summed E-state index contributed by atoms with van der Waals surface area (Å²) in [7, 11) is 0.